The van der Waals surface area contributed by atoms with Gasteiger partial charge in [0.25, 0.3) is 0 Å². The summed E-state index contributed by atoms with van der Waals surface area (Å²) in [5, 5.41) is 25.7. The number of rotatable bonds is 15. The van der Waals surface area contributed by atoms with Crippen LogP contribution in [0.15, 0.2) is 4.99 Å². The van der Waals surface area contributed by atoms with E-state index in [-0.39, 0.29) is 37.0 Å². The monoisotopic (exact) mass is 477 g/mol. The summed E-state index contributed by atoms with van der Waals surface area (Å²) in [6.07, 6.45) is 0.854. The van der Waals surface area contributed by atoms with Gasteiger partial charge in [0, 0.05) is 12.3 Å². The molecule has 0 radical (unpaired) electrons. The van der Waals surface area contributed by atoms with Crippen LogP contribution in [0.1, 0.15) is 33.1 Å². The molecule has 0 aliphatic heterocycles. The molecule has 0 aromatic heterocycles. The Morgan fingerprint density at radius 2 is 1.50 bits per heavy atom. The molecule has 0 heterocycles. The van der Waals surface area contributed by atoms with Gasteiger partial charge in [-0.15, -0.1) is 0 Å². The van der Waals surface area contributed by atoms with E-state index in [1.807, 2.05) is 0 Å². The summed E-state index contributed by atoms with van der Waals surface area (Å²) in [6.45, 7) is 3.14. The molecule has 0 aliphatic rings. The van der Waals surface area contributed by atoms with Gasteiger partial charge in [-0.25, -0.2) is 4.79 Å². The fourth-order valence-corrected chi connectivity index (χ4v) is 2.81. The molecule has 0 aromatic carbocycles. The number of carbonyl (C=O) groups excluding carboxylic acids is 3. The molecule has 184 valence electrons. The number of aliphatic imine (C=N–C) groups is 1. The van der Waals surface area contributed by atoms with Gasteiger partial charge >= 0.3 is 5.97 Å². The normalized spacial score (nSPS) is 14.6. The quantitative estimate of drug-likeness (QED) is 0.0501. The molecule has 0 aromatic rings. The van der Waals surface area contributed by atoms with Crippen LogP contribution < -0.4 is 33.2 Å². The molecule has 3 amide bonds. The third kappa shape index (κ3) is 11.7. The van der Waals surface area contributed by atoms with E-state index in [9.17, 15) is 29.4 Å². The summed E-state index contributed by atoms with van der Waals surface area (Å²) in [5.74, 6) is -3.69. The lowest BCUT2D eigenvalue weighted by Gasteiger charge is -2.24. The molecule has 4 atom stereocenters. The number of thiol groups is 1. The third-order valence-electron chi connectivity index (χ3n) is 4.26. The predicted molar refractivity (Wildman–Crippen MR) is 122 cm³/mol. The number of hydrogen-bond acceptors (Lipinski definition) is 8. The van der Waals surface area contributed by atoms with Crippen molar-refractivity contribution in [1.29, 1.82) is 0 Å². The minimum absolute atomic E-state index is 0.0121. The molecule has 0 spiro atoms. The molecule has 32 heavy (non-hydrogen) atoms. The van der Waals surface area contributed by atoms with Crippen molar-refractivity contribution in [3.8, 4) is 0 Å². The van der Waals surface area contributed by atoms with Crippen LogP contribution in [0.2, 0.25) is 0 Å². The Hall–Kier alpha value is -2.58. The molecule has 11 N–H and O–H groups in total. The summed E-state index contributed by atoms with van der Waals surface area (Å²) in [4.78, 5) is 52.1. The minimum Gasteiger partial charge on any atom is -0.480 e. The number of aliphatic carboxylic acids is 1. The number of carboxylic acid groups (broad SMARTS) is 1. The van der Waals surface area contributed by atoms with Crippen molar-refractivity contribution in [3.63, 3.8) is 0 Å². The summed E-state index contributed by atoms with van der Waals surface area (Å²) >= 11 is 4.01. The van der Waals surface area contributed by atoms with Gasteiger partial charge in [0.1, 0.15) is 18.1 Å². The van der Waals surface area contributed by atoms with Crippen LogP contribution in [0.4, 0.5) is 0 Å². The Morgan fingerprint density at radius 1 is 0.969 bits per heavy atom. The minimum atomic E-state index is -1.37. The number of nitrogens with two attached hydrogens (primary N) is 3. The maximum atomic E-state index is 12.4. The van der Waals surface area contributed by atoms with Crippen LogP contribution in [0.5, 0.6) is 0 Å². The number of carbonyl (C=O) groups is 4. The fourth-order valence-electron chi connectivity index (χ4n) is 2.55. The molecule has 0 saturated heterocycles. The first-order chi connectivity index (χ1) is 14.9. The van der Waals surface area contributed by atoms with Crippen molar-refractivity contribution in [1.82, 2.24) is 16.0 Å². The lowest BCUT2D eigenvalue weighted by Crippen LogP contribution is -2.58. The fraction of sp³-hybridized carbons (Fsp3) is 0.722. The molecule has 0 rings (SSSR count). The standard InChI is InChI=1S/C18H35N7O6S/c1-9(2)6-11(17(30)31)23-16(29)13(8-32)25-15(28)12(7-26)24-14(27)10(19)4-3-5-22-18(20)21/h9-13,26,32H,3-8,19H2,1-2H3,(H,23,29)(H,24,27)(H,25,28)(H,30,31)(H4,20,21,22). The molecule has 4 unspecified atom stereocenters. The highest BCUT2D eigenvalue weighted by Crippen LogP contribution is 2.06. The van der Waals surface area contributed by atoms with Crippen LogP contribution >= 0.6 is 12.6 Å². The van der Waals surface area contributed by atoms with Gasteiger partial charge in [0.2, 0.25) is 17.7 Å². The Morgan fingerprint density at radius 3 is 1.97 bits per heavy atom. The number of nitrogens with one attached hydrogen (secondary N) is 3. The van der Waals surface area contributed by atoms with Crippen LogP contribution in [-0.4, -0.2) is 82.9 Å². The maximum absolute atomic E-state index is 12.4. The van der Waals surface area contributed by atoms with Gasteiger partial charge < -0.3 is 43.4 Å². The van der Waals surface area contributed by atoms with Crippen molar-refractivity contribution in [2.45, 2.75) is 57.3 Å². The number of hydrogen-bond donors (Lipinski definition) is 9. The lowest BCUT2D eigenvalue weighted by molar-refractivity contribution is -0.142. The second-order valence-corrected chi connectivity index (χ2v) is 7.94. The van der Waals surface area contributed by atoms with Crippen molar-refractivity contribution in [3.05, 3.63) is 0 Å². The molecular formula is C18H35N7O6S. The molecule has 0 bridgehead atoms. The van der Waals surface area contributed by atoms with Gasteiger partial charge in [-0.2, -0.15) is 12.6 Å². The largest absolute Gasteiger partial charge is 0.480 e. The van der Waals surface area contributed by atoms with E-state index < -0.39 is 54.5 Å². The van der Waals surface area contributed by atoms with E-state index in [0.29, 0.717) is 6.42 Å². The van der Waals surface area contributed by atoms with Crippen LogP contribution in [-0.2, 0) is 19.2 Å². The molecule has 14 heteroatoms. The molecule has 13 nitrogen and oxygen atoms in total. The first-order valence-corrected chi connectivity index (χ1v) is 10.7. The summed E-state index contributed by atoms with van der Waals surface area (Å²) in [7, 11) is 0. The molecule has 0 fully saturated rings. The highest BCUT2D eigenvalue weighted by Gasteiger charge is 2.29. The number of aliphatic hydroxyl groups is 1. The summed E-state index contributed by atoms with van der Waals surface area (Å²) < 4.78 is 0. The number of aliphatic hydroxyl groups excluding tert-OH is 1. The second kappa shape index (κ2) is 15.3. The van der Waals surface area contributed by atoms with E-state index in [1.54, 1.807) is 13.8 Å². The summed E-state index contributed by atoms with van der Waals surface area (Å²) in [5.41, 5.74) is 16.2. The van der Waals surface area contributed by atoms with Crippen molar-refractivity contribution < 1.29 is 29.4 Å². The van der Waals surface area contributed by atoms with Gasteiger partial charge in [-0.3, -0.25) is 19.4 Å². The molecular weight excluding hydrogens is 442 g/mol. The van der Waals surface area contributed by atoms with Gasteiger partial charge in [-0.1, -0.05) is 13.8 Å². The first-order valence-electron chi connectivity index (χ1n) is 10.1. The van der Waals surface area contributed by atoms with Crippen LogP contribution in [0.3, 0.4) is 0 Å². The van der Waals surface area contributed by atoms with E-state index in [4.69, 9.17) is 17.2 Å². The highest BCUT2D eigenvalue weighted by atomic mass is 32.1. The average molecular weight is 478 g/mol. The Bertz CT molecular complexity index is 672. The van der Waals surface area contributed by atoms with E-state index >= 15 is 0 Å². The van der Waals surface area contributed by atoms with Crippen molar-refractivity contribution >= 4 is 42.3 Å². The number of guanidine groups is 1. The van der Waals surface area contributed by atoms with Crippen molar-refractivity contribution in [2.24, 2.45) is 28.1 Å². The molecule has 0 saturated carbocycles. The van der Waals surface area contributed by atoms with Gasteiger partial charge in [0.05, 0.1) is 12.6 Å². The maximum Gasteiger partial charge on any atom is 0.326 e. The van der Waals surface area contributed by atoms with Gasteiger partial charge in [-0.05, 0) is 25.2 Å². The Kier molecular flexibility index (Phi) is 14.0. The van der Waals surface area contributed by atoms with Gasteiger partial charge in [0.15, 0.2) is 5.96 Å². The third-order valence-corrected chi connectivity index (χ3v) is 4.62. The van der Waals surface area contributed by atoms with Crippen LogP contribution in [0.25, 0.3) is 0 Å². The summed E-state index contributed by atoms with van der Waals surface area (Å²) in [6, 6.07) is -4.65. The van der Waals surface area contributed by atoms with E-state index in [0.717, 1.165) is 0 Å². The average Bonchev–Trinajstić information content (AvgIpc) is 2.71. The SMILES string of the molecule is CC(C)CC(NC(=O)C(CS)NC(=O)C(CO)NC(=O)C(N)CCCN=C(N)N)C(=O)O. The van der Waals surface area contributed by atoms with Crippen LogP contribution in [0, 0.1) is 5.92 Å². The van der Waals surface area contributed by atoms with Crippen molar-refractivity contribution in [2.75, 3.05) is 18.9 Å². The zero-order chi connectivity index (χ0) is 24.8. The highest BCUT2D eigenvalue weighted by molar-refractivity contribution is 7.80. The Labute approximate surface area is 192 Å². The zero-order valence-electron chi connectivity index (χ0n) is 18.3. The lowest BCUT2D eigenvalue weighted by atomic mass is 10.0. The topological polar surface area (TPSA) is 235 Å². The Balaban J connectivity index is 4.88. The number of carboxylic acids is 1. The number of amides is 3. The van der Waals surface area contributed by atoms with E-state index in [1.165, 1.54) is 0 Å². The van der Waals surface area contributed by atoms with E-state index in [2.05, 4.69) is 33.6 Å². The number of nitrogens with zero attached hydrogens (tertiary/aromatic N) is 1. The smallest absolute Gasteiger partial charge is 0.326 e. The second-order valence-electron chi connectivity index (χ2n) is 7.57. The predicted octanol–water partition coefficient (Wildman–Crippen LogP) is -3.13. The zero-order valence-corrected chi connectivity index (χ0v) is 19.2. The molecule has 0 aliphatic carbocycles. The first kappa shape index (κ1) is 29.4.